The first kappa shape index (κ1) is 11.2. The van der Waals surface area contributed by atoms with Gasteiger partial charge in [-0.05, 0) is 39.2 Å². The number of aromatic amines is 1. The highest BCUT2D eigenvalue weighted by Gasteiger charge is 2.02. The zero-order chi connectivity index (χ0) is 12.4. The maximum absolute atomic E-state index is 4.09. The van der Waals surface area contributed by atoms with Gasteiger partial charge in [-0.1, -0.05) is 30.4 Å². The second kappa shape index (κ2) is 4.78. The Morgan fingerprint density at radius 1 is 1.11 bits per heavy atom. The summed E-state index contributed by atoms with van der Waals surface area (Å²) in [5.41, 5.74) is 3.40. The van der Waals surface area contributed by atoms with Crippen molar-refractivity contribution < 1.29 is 0 Å². The van der Waals surface area contributed by atoms with Crippen LogP contribution in [0.3, 0.4) is 0 Å². The van der Waals surface area contributed by atoms with E-state index in [1.807, 2.05) is 36.7 Å². The Hall–Kier alpha value is -1.87. The molecule has 0 radical (unpaired) electrons. The van der Waals surface area contributed by atoms with Crippen molar-refractivity contribution in [3.05, 3.63) is 64.5 Å². The Balaban J connectivity index is 2.01. The lowest BCUT2D eigenvalue weighted by Gasteiger charge is -1.94. The van der Waals surface area contributed by atoms with Gasteiger partial charge in [0.05, 0.1) is 5.52 Å². The van der Waals surface area contributed by atoms with Crippen molar-refractivity contribution in [2.75, 3.05) is 0 Å². The third-order valence-electron chi connectivity index (χ3n) is 2.84. The molecule has 0 aliphatic heterocycles. The van der Waals surface area contributed by atoms with Crippen molar-refractivity contribution in [1.82, 2.24) is 9.97 Å². The molecule has 0 spiro atoms. The van der Waals surface area contributed by atoms with E-state index in [1.165, 1.54) is 10.9 Å². The van der Waals surface area contributed by atoms with Gasteiger partial charge < -0.3 is 4.98 Å². The number of hydrogen-bond donors (Lipinski definition) is 1. The zero-order valence-corrected chi connectivity index (χ0v) is 11.2. The minimum atomic E-state index is 1.08. The van der Waals surface area contributed by atoms with E-state index < -0.39 is 0 Å². The molecule has 0 atom stereocenters. The van der Waals surface area contributed by atoms with Crippen LogP contribution in [0.2, 0.25) is 0 Å². The summed E-state index contributed by atoms with van der Waals surface area (Å²) < 4.78 is 1.08. The molecule has 88 valence electrons. The predicted octanol–water partition coefficient (Wildman–Crippen LogP) is 4.50. The molecular formula is C15H11BrN2. The summed E-state index contributed by atoms with van der Waals surface area (Å²) in [6.45, 7) is 0. The third kappa shape index (κ3) is 2.09. The van der Waals surface area contributed by atoms with E-state index in [1.54, 1.807) is 6.20 Å². The maximum Gasteiger partial charge on any atom is 0.0604 e. The van der Waals surface area contributed by atoms with E-state index in [2.05, 4.69) is 44.1 Å². The highest BCUT2D eigenvalue weighted by atomic mass is 79.9. The van der Waals surface area contributed by atoms with Crippen LogP contribution in [-0.4, -0.2) is 9.97 Å². The fraction of sp³-hybridized carbons (Fsp3) is 0. The number of pyridine rings is 1. The highest BCUT2D eigenvalue weighted by molar-refractivity contribution is 9.10. The Morgan fingerprint density at radius 2 is 2.06 bits per heavy atom. The second-order valence-electron chi connectivity index (χ2n) is 4.03. The molecule has 3 rings (SSSR count). The molecule has 3 heteroatoms. The number of H-pyrrole nitrogens is 1. The van der Waals surface area contributed by atoms with Crippen LogP contribution in [0.1, 0.15) is 11.1 Å². The number of nitrogens with zero attached hydrogens (tertiary/aromatic N) is 1. The summed E-state index contributed by atoms with van der Waals surface area (Å²) in [5.74, 6) is 0. The van der Waals surface area contributed by atoms with Crippen molar-refractivity contribution in [3.8, 4) is 0 Å². The van der Waals surface area contributed by atoms with Crippen LogP contribution in [0.4, 0.5) is 0 Å². The molecule has 0 aliphatic carbocycles. The van der Waals surface area contributed by atoms with Crippen LogP contribution in [0.15, 0.2) is 53.4 Å². The van der Waals surface area contributed by atoms with Gasteiger partial charge in [0.1, 0.15) is 0 Å². The largest absolute Gasteiger partial charge is 0.360 e. The van der Waals surface area contributed by atoms with Gasteiger partial charge >= 0.3 is 0 Å². The number of halogens is 1. The summed E-state index contributed by atoms with van der Waals surface area (Å²) in [6.07, 6.45) is 9.81. The highest BCUT2D eigenvalue weighted by Crippen LogP contribution is 2.26. The average Bonchev–Trinajstić information content (AvgIpc) is 2.82. The summed E-state index contributed by atoms with van der Waals surface area (Å²) in [4.78, 5) is 7.37. The Morgan fingerprint density at radius 3 is 2.89 bits per heavy atom. The minimum Gasteiger partial charge on any atom is -0.360 e. The van der Waals surface area contributed by atoms with E-state index in [-0.39, 0.29) is 0 Å². The van der Waals surface area contributed by atoms with Gasteiger partial charge in [-0.25, -0.2) is 0 Å². The van der Waals surface area contributed by atoms with Crippen LogP contribution in [-0.2, 0) is 0 Å². The summed E-state index contributed by atoms with van der Waals surface area (Å²) >= 11 is 3.54. The van der Waals surface area contributed by atoms with Crippen molar-refractivity contribution in [2.24, 2.45) is 0 Å². The van der Waals surface area contributed by atoms with Gasteiger partial charge in [0.25, 0.3) is 0 Å². The minimum absolute atomic E-state index is 1.08. The van der Waals surface area contributed by atoms with Crippen LogP contribution < -0.4 is 0 Å². The van der Waals surface area contributed by atoms with Crippen molar-refractivity contribution in [2.45, 2.75) is 0 Å². The van der Waals surface area contributed by atoms with Gasteiger partial charge in [0, 0.05) is 28.4 Å². The second-order valence-corrected chi connectivity index (χ2v) is 4.88. The van der Waals surface area contributed by atoms with E-state index in [0.29, 0.717) is 0 Å². The summed E-state index contributed by atoms with van der Waals surface area (Å²) in [6, 6.07) is 10.2. The molecule has 2 heterocycles. The van der Waals surface area contributed by atoms with E-state index in [4.69, 9.17) is 0 Å². The van der Waals surface area contributed by atoms with Gasteiger partial charge in [-0.2, -0.15) is 0 Å². The lowest BCUT2D eigenvalue weighted by atomic mass is 10.1. The predicted molar refractivity (Wildman–Crippen MR) is 79.2 cm³/mol. The monoisotopic (exact) mass is 298 g/mol. The summed E-state index contributed by atoms with van der Waals surface area (Å²) in [7, 11) is 0. The first-order valence-corrected chi connectivity index (χ1v) is 6.47. The molecule has 1 aromatic carbocycles. The van der Waals surface area contributed by atoms with E-state index in [9.17, 15) is 0 Å². The molecule has 0 saturated heterocycles. The lowest BCUT2D eigenvalue weighted by Crippen LogP contribution is -1.74. The SMILES string of the molecule is Brc1cccc2c(/C=C/c3cccnc3)c[nH]c12. The van der Waals surface area contributed by atoms with Gasteiger partial charge in [0.15, 0.2) is 0 Å². The fourth-order valence-corrected chi connectivity index (χ4v) is 2.42. The zero-order valence-electron chi connectivity index (χ0n) is 9.60. The number of rotatable bonds is 2. The molecular weight excluding hydrogens is 288 g/mol. The van der Waals surface area contributed by atoms with Crippen LogP contribution in [0.25, 0.3) is 23.1 Å². The van der Waals surface area contributed by atoms with Crippen LogP contribution in [0.5, 0.6) is 0 Å². The Kier molecular flexibility index (Phi) is 2.99. The lowest BCUT2D eigenvalue weighted by molar-refractivity contribution is 1.32. The van der Waals surface area contributed by atoms with E-state index in [0.717, 1.165) is 15.6 Å². The van der Waals surface area contributed by atoms with Crippen LogP contribution in [0, 0.1) is 0 Å². The first-order chi connectivity index (χ1) is 8.84. The molecule has 0 bridgehead atoms. The molecule has 0 fully saturated rings. The number of benzene rings is 1. The number of aromatic nitrogens is 2. The topological polar surface area (TPSA) is 28.7 Å². The molecule has 0 aliphatic rings. The molecule has 0 unspecified atom stereocenters. The summed E-state index contributed by atoms with van der Waals surface area (Å²) in [5, 5.41) is 1.21. The standard InChI is InChI=1S/C15H11BrN2/c16-14-5-1-4-13-12(10-18-15(13)14)7-6-11-3-2-8-17-9-11/h1-10,18H/b7-6+. The fourth-order valence-electron chi connectivity index (χ4n) is 1.94. The molecule has 3 aromatic rings. The third-order valence-corrected chi connectivity index (χ3v) is 3.50. The van der Waals surface area contributed by atoms with Crippen LogP contribution >= 0.6 is 15.9 Å². The van der Waals surface area contributed by atoms with Gasteiger partial charge in [-0.15, -0.1) is 0 Å². The average molecular weight is 299 g/mol. The number of para-hydroxylation sites is 1. The molecule has 2 aromatic heterocycles. The normalized spacial score (nSPS) is 11.4. The molecule has 18 heavy (non-hydrogen) atoms. The van der Waals surface area contributed by atoms with Crippen molar-refractivity contribution in [3.63, 3.8) is 0 Å². The molecule has 0 saturated carbocycles. The molecule has 0 amide bonds. The maximum atomic E-state index is 4.09. The van der Waals surface area contributed by atoms with Gasteiger partial charge in [-0.3, -0.25) is 4.98 Å². The Bertz CT molecular complexity index is 699. The smallest absolute Gasteiger partial charge is 0.0604 e. The molecule has 2 nitrogen and oxygen atoms in total. The van der Waals surface area contributed by atoms with Crippen molar-refractivity contribution in [1.29, 1.82) is 0 Å². The van der Waals surface area contributed by atoms with Crippen molar-refractivity contribution >= 4 is 39.0 Å². The quantitative estimate of drug-likeness (QED) is 0.741. The number of fused-ring (bicyclic) bond motifs is 1. The number of hydrogen-bond acceptors (Lipinski definition) is 1. The first-order valence-electron chi connectivity index (χ1n) is 5.68. The van der Waals surface area contributed by atoms with Gasteiger partial charge in [0.2, 0.25) is 0 Å². The number of nitrogens with one attached hydrogen (secondary N) is 1. The molecule has 1 N–H and O–H groups in total. The van der Waals surface area contributed by atoms with E-state index >= 15 is 0 Å². The Labute approximate surface area is 114 Å².